The van der Waals surface area contributed by atoms with Gasteiger partial charge in [0, 0.05) is 14.5 Å². The van der Waals surface area contributed by atoms with Gasteiger partial charge in [0.2, 0.25) is 0 Å². The Balaban J connectivity index is 2.47. The van der Waals surface area contributed by atoms with Gasteiger partial charge < -0.3 is 5.11 Å². The van der Waals surface area contributed by atoms with Gasteiger partial charge in [0.05, 0.1) is 10.0 Å². The van der Waals surface area contributed by atoms with E-state index in [2.05, 4.69) is 31.9 Å². The van der Waals surface area contributed by atoms with E-state index in [0.29, 0.717) is 15.6 Å². The first-order chi connectivity index (χ1) is 8.49. The molecule has 2 aromatic rings. The highest BCUT2D eigenvalue weighted by molar-refractivity contribution is 9.11. The van der Waals surface area contributed by atoms with Crippen LogP contribution in [0.5, 0.6) is 0 Å². The summed E-state index contributed by atoms with van der Waals surface area (Å²) in [6.07, 6.45) is -0.815. The van der Waals surface area contributed by atoms with Gasteiger partial charge >= 0.3 is 0 Å². The van der Waals surface area contributed by atoms with Gasteiger partial charge in [-0.3, -0.25) is 0 Å². The third kappa shape index (κ3) is 3.09. The average molecular weight is 411 g/mol. The van der Waals surface area contributed by atoms with Gasteiger partial charge in [-0.1, -0.05) is 67.2 Å². The molecular formula is C13H8Br2Cl2O. The highest BCUT2D eigenvalue weighted by Gasteiger charge is 2.16. The van der Waals surface area contributed by atoms with Crippen LogP contribution < -0.4 is 0 Å². The monoisotopic (exact) mass is 408 g/mol. The lowest BCUT2D eigenvalue weighted by molar-refractivity contribution is 0.220. The van der Waals surface area contributed by atoms with Crippen molar-refractivity contribution in [3.05, 3.63) is 66.5 Å². The first-order valence-electron chi connectivity index (χ1n) is 5.07. The number of aliphatic hydroxyl groups is 1. The molecule has 0 heterocycles. The molecule has 0 spiro atoms. The zero-order chi connectivity index (χ0) is 13.3. The lowest BCUT2D eigenvalue weighted by Gasteiger charge is -2.14. The van der Waals surface area contributed by atoms with Crippen LogP contribution in [0.25, 0.3) is 0 Å². The van der Waals surface area contributed by atoms with Crippen molar-refractivity contribution >= 4 is 55.1 Å². The second-order valence-corrected chi connectivity index (χ2v) is 6.36. The summed E-state index contributed by atoms with van der Waals surface area (Å²) in [5, 5.41) is 11.2. The fourth-order valence-electron chi connectivity index (χ4n) is 1.64. The molecule has 0 amide bonds. The number of aliphatic hydroxyl groups excluding tert-OH is 1. The van der Waals surface area contributed by atoms with E-state index in [4.69, 9.17) is 23.2 Å². The maximum Gasteiger partial charge on any atom is 0.106 e. The molecule has 94 valence electrons. The van der Waals surface area contributed by atoms with Crippen molar-refractivity contribution in [3.63, 3.8) is 0 Å². The smallest absolute Gasteiger partial charge is 0.106 e. The predicted molar refractivity (Wildman–Crippen MR) is 82.4 cm³/mol. The first-order valence-corrected chi connectivity index (χ1v) is 7.41. The first kappa shape index (κ1) is 14.4. The van der Waals surface area contributed by atoms with Crippen LogP contribution in [-0.4, -0.2) is 5.11 Å². The van der Waals surface area contributed by atoms with Gasteiger partial charge in [0.1, 0.15) is 6.10 Å². The van der Waals surface area contributed by atoms with E-state index in [1.807, 2.05) is 18.2 Å². The summed E-state index contributed by atoms with van der Waals surface area (Å²) in [5.41, 5.74) is 1.33. The van der Waals surface area contributed by atoms with Gasteiger partial charge in [-0.05, 0) is 29.8 Å². The van der Waals surface area contributed by atoms with Gasteiger partial charge in [0.15, 0.2) is 0 Å². The molecule has 18 heavy (non-hydrogen) atoms. The molecule has 0 aliphatic heterocycles. The molecular weight excluding hydrogens is 403 g/mol. The number of hydrogen-bond donors (Lipinski definition) is 1. The summed E-state index contributed by atoms with van der Waals surface area (Å²) in [6, 6.07) is 10.8. The van der Waals surface area contributed by atoms with Crippen molar-refractivity contribution < 1.29 is 5.11 Å². The van der Waals surface area contributed by atoms with E-state index in [9.17, 15) is 5.11 Å². The molecule has 1 N–H and O–H groups in total. The van der Waals surface area contributed by atoms with Crippen LogP contribution in [0.4, 0.5) is 0 Å². The largest absolute Gasteiger partial charge is 0.384 e. The van der Waals surface area contributed by atoms with Gasteiger partial charge in [0.25, 0.3) is 0 Å². The minimum Gasteiger partial charge on any atom is -0.384 e. The van der Waals surface area contributed by atoms with Crippen molar-refractivity contribution in [2.24, 2.45) is 0 Å². The average Bonchev–Trinajstić information content (AvgIpc) is 2.30. The Hall–Kier alpha value is -0.0600. The Morgan fingerprint density at radius 1 is 1.00 bits per heavy atom. The zero-order valence-electron chi connectivity index (χ0n) is 9.00. The van der Waals surface area contributed by atoms with E-state index in [-0.39, 0.29) is 0 Å². The van der Waals surface area contributed by atoms with Gasteiger partial charge in [-0.2, -0.15) is 0 Å². The molecule has 1 atom stereocenters. The highest BCUT2D eigenvalue weighted by atomic mass is 79.9. The van der Waals surface area contributed by atoms with Crippen molar-refractivity contribution in [1.82, 2.24) is 0 Å². The minimum absolute atomic E-state index is 0.378. The van der Waals surface area contributed by atoms with Crippen LogP contribution in [0.1, 0.15) is 17.2 Å². The van der Waals surface area contributed by atoms with Crippen LogP contribution in [0.15, 0.2) is 45.3 Å². The van der Waals surface area contributed by atoms with E-state index < -0.39 is 6.10 Å². The highest BCUT2D eigenvalue weighted by Crippen LogP contribution is 2.34. The molecule has 2 aromatic carbocycles. The number of hydrogen-bond acceptors (Lipinski definition) is 1. The Kier molecular flexibility index (Phi) is 4.73. The number of rotatable bonds is 2. The molecule has 2 rings (SSSR count). The Morgan fingerprint density at radius 3 is 2.22 bits per heavy atom. The molecule has 0 saturated heterocycles. The lowest BCUT2D eigenvalue weighted by atomic mass is 10.0. The standard InChI is InChI=1S/C13H8Br2Cl2O/c14-8-4-7(5-9(15)6-8)13(18)10-2-1-3-11(16)12(10)17/h1-6,13,18H. The number of benzene rings is 2. The molecule has 5 heteroatoms. The van der Waals surface area contributed by atoms with Gasteiger partial charge in [-0.15, -0.1) is 0 Å². The zero-order valence-corrected chi connectivity index (χ0v) is 13.7. The third-order valence-electron chi connectivity index (χ3n) is 2.48. The fourth-order valence-corrected chi connectivity index (χ4v) is 3.38. The second kappa shape index (κ2) is 5.93. The van der Waals surface area contributed by atoms with Crippen LogP contribution in [0.2, 0.25) is 10.0 Å². The molecule has 0 bridgehead atoms. The molecule has 0 radical (unpaired) electrons. The summed E-state index contributed by atoms with van der Waals surface area (Å²) >= 11 is 18.8. The maximum atomic E-state index is 10.4. The molecule has 1 unspecified atom stereocenters. The predicted octanol–water partition coefficient (Wildman–Crippen LogP) is 5.60. The minimum atomic E-state index is -0.815. The molecule has 0 aliphatic rings. The van der Waals surface area contributed by atoms with Crippen LogP contribution >= 0.6 is 55.1 Å². The van der Waals surface area contributed by atoms with Crippen LogP contribution in [-0.2, 0) is 0 Å². The molecule has 1 nitrogen and oxygen atoms in total. The van der Waals surface area contributed by atoms with Crippen LogP contribution in [0, 0.1) is 0 Å². The SMILES string of the molecule is OC(c1cc(Br)cc(Br)c1)c1cccc(Cl)c1Cl. The summed E-state index contributed by atoms with van der Waals surface area (Å²) in [5.74, 6) is 0. The number of halogens is 4. The van der Waals surface area contributed by atoms with Crippen molar-refractivity contribution in [1.29, 1.82) is 0 Å². The second-order valence-electron chi connectivity index (χ2n) is 3.75. The van der Waals surface area contributed by atoms with Crippen molar-refractivity contribution in [2.75, 3.05) is 0 Å². The Labute approximate surface area is 132 Å². The molecule has 0 aromatic heterocycles. The van der Waals surface area contributed by atoms with Crippen molar-refractivity contribution in [2.45, 2.75) is 6.10 Å². The van der Waals surface area contributed by atoms with Crippen LogP contribution in [0.3, 0.4) is 0 Å². The van der Waals surface area contributed by atoms with Crippen molar-refractivity contribution in [3.8, 4) is 0 Å². The third-order valence-corrected chi connectivity index (χ3v) is 4.23. The summed E-state index contributed by atoms with van der Waals surface area (Å²) in [4.78, 5) is 0. The molecule has 0 fully saturated rings. The summed E-state index contributed by atoms with van der Waals surface area (Å²) < 4.78 is 1.76. The van der Waals surface area contributed by atoms with Gasteiger partial charge in [-0.25, -0.2) is 0 Å². The molecule has 0 aliphatic carbocycles. The van der Waals surface area contributed by atoms with E-state index in [1.54, 1.807) is 18.2 Å². The normalized spacial score (nSPS) is 12.5. The Morgan fingerprint density at radius 2 is 1.61 bits per heavy atom. The van der Waals surface area contributed by atoms with E-state index >= 15 is 0 Å². The quantitative estimate of drug-likeness (QED) is 0.683. The topological polar surface area (TPSA) is 20.2 Å². The maximum absolute atomic E-state index is 10.4. The summed E-state index contributed by atoms with van der Waals surface area (Å²) in [6.45, 7) is 0. The fraction of sp³-hybridized carbons (Fsp3) is 0.0769. The van der Waals surface area contributed by atoms with E-state index in [1.165, 1.54) is 0 Å². The lowest BCUT2D eigenvalue weighted by Crippen LogP contribution is -2.01. The summed E-state index contributed by atoms with van der Waals surface area (Å²) in [7, 11) is 0. The van der Waals surface area contributed by atoms with E-state index in [0.717, 1.165) is 14.5 Å². The molecule has 0 saturated carbocycles. The Bertz CT molecular complexity index is 567.